The van der Waals surface area contributed by atoms with Gasteiger partial charge in [0, 0.05) is 18.8 Å². The molecule has 0 heterocycles. The van der Waals surface area contributed by atoms with Crippen molar-refractivity contribution in [1.82, 2.24) is 10.2 Å². The van der Waals surface area contributed by atoms with Crippen molar-refractivity contribution >= 4 is 23.6 Å². The van der Waals surface area contributed by atoms with E-state index in [9.17, 15) is 9.59 Å². The van der Waals surface area contributed by atoms with E-state index in [0.29, 0.717) is 25.3 Å². The van der Waals surface area contributed by atoms with Gasteiger partial charge >= 0.3 is 0 Å². The molecule has 0 bridgehead atoms. The van der Waals surface area contributed by atoms with Crippen LogP contribution < -0.4 is 5.32 Å². The van der Waals surface area contributed by atoms with Crippen molar-refractivity contribution in [2.75, 3.05) is 12.3 Å². The molecule has 0 spiro atoms. The number of thioether (sulfide) groups is 1. The number of carbonyl (C=O) groups is 2. The van der Waals surface area contributed by atoms with Gasteiger partial charge in [-0.1, -0.05) is 61.0 Å². The first-order valence-corrected chi connectivity index (χ1v) is 11.4. The summed E-state index contributed by atoms with van der Waals surface area (Å²) in [5, 5.41) is 2.88. The minimum atomic E-state index is -0.456. The molecule has 0 radical (unpaired) electrons. The highest BCUT2D eigenvalue weighted by molar-refractivity contribution is 7.99. The summed E-state index contributed by atoms with van der Waals surface area (Å²) < 4.78 is 0. The number of benzene rings is 2. The predicted octanol–water partition coefficient (Wildman–Crippen LogP) is 4.48. The van der Waals surface area contributed by atoms with E-state index in [-0.39, 0.29) is 11.8 Å². The van der Waals surface area contributed by atoms with Crippen LogP contribution in [0.25, 0.3) is 0 Å². The second-order valence-electron chi connectivity index (χ2n) is 7.25. The molecular weight excluding hydrogens is 380 g/mol. The number of nitrogens with one attached hydrogen (secondary N) is 1. The summed E-state index contributed by atoms with van der Waals surface area (Å²) in [5.74, 6) is 1.06. The van der Waals surface area contributed by atoms with Crippen molar-refractivity contribution in [3.63, 3.8) is 0 Å². The Bertz CT molecular complexity index is 805. The number of nitrogens with zero attached hydrogens (tertiary/aromatic N) is 1. The summed E-state index contributed by atoms with van der Waals surface area (Å²) in [5.41, 5.74) is 4.69. The summed E-state index contributed by atoms with van der Waals surface area (Å²) in [7, 11) is 0. The van der Waals surface area contributed by atoms with Gasteiger partial charge in [0.25, 0.3) is 0 Å². The van der Waals surface area contributed by atoms with Gasteiger partial charge in [0.15, 0.2) is 0 Å². The van der Waals surface area contributed by atoms with Gasteiger partial charge in [0.05, 0.1) is 5.75 Å². The Balaban J connectivity index is 2.11. The molecule has 5 heteroatoms. The summed E-state index contributed by atoms with van der Waals surface area (Å²) in [6.07, 6.45) is 0.589. The van der Waals surface area contributed by atoms with E-state index in [1.54, 1.807) is 16.7 Å². The molecule has 156 valence electrons. The molecule has 0 saturated carbocycles. The molecule has 1 N–H and O–H groups in total. The van der Waals surface area contributed by atoms with Crippen LogP contribution in [0.15, 0.2) is 48.5 Å². The van der Waals surface area contributed by atoms with Gasteiger partial charge in [-0.25, -0.2) is 0 Å². The first-order chi connectivity index (χ1) is 14.0. The number of rotatable bonds is 10. The molecule has 0 unspecified atom stereocenters. The Morgan fingerprint density at radius 2 is 1.72 bits per heavy atom. The van der Waals surface area contributed by atoms with Crippen LogP contribution in [-0.2, 0) is 21.9 Å². The van der Waals surface area contributed by atoms with Crippen LogP contribution in [0.5, 0.6) is 0 Å². The van der Waals surface area contributed by atoms with Gasteiger partial charge in [-0.05, 0) is 43.9 Å². The maximum Gasteiger partial charge on any atom is 0.242 e. The Kier molecular flexibility index (Phi) is 9.26. The van der Waals surface area contributed by atoms with Crippen molar-refractivity contribution in [3.05, 3.63) is 70.8 Å². The van der Waals surface area contributed by atoms with Crippen LogP contribution >= 0.6 is 11.8 Å². The number of aryl methyl sites for hydroxylation is 2. The lowest BCUT2D eigenvalue weighted by Crippen LogP contribution is -2.49. The molecule has 2 aromatic rings. The fraction of sp³-hybridized carbons (Fsp3) is 0.417. The second-order valence-corrected chi connectivity index (χ2v) is 8.23. The van der Waals surface area contributed by atoms with Gasteiger partial charge < -0.3 is 10.2 Å². The normalized spacial score (nSPS) is 11.7. The SMILES string of the molecule is CCNC(=O)[C@@H](CC)N(Cc1ccc(C)cc1)C(=O)CSCc1ccccc1C. The third-order valence-corrected chi connectivity index (χ3v) is 5.92. The van der Waals surface area contributed by atoms with E-state index in [2.05, 4.69) is 24.4 Å². The lowest BCUT2D eigenvalue weighted by Gasteiger charge is -2.30. The zero-order valence-electron chi connectivity index (χ0n) is 17.9. The summed E-state index contributed by atoms with van der Waals surface area (Å²) >= 11 is 1.60. The van der Waals surface area contributed by atoms with Crippen molar-refractivity contribution in [2.45, 2.75) is 52.5 Å². The van der Waals surface area contributed by atoms with Crippen LogP contribution in [0.2, 0.25) is 0 Å². The zero-order valence-corrected chi connectivity index (χ0v) is 18.7. The molecule has 2 amide bonds. The quantitative estimate of drug-likeness (QED) is 0.626. The standard InChI is InChI=1S/C24H32N2O2S/c1-5-22(24(28)25-6-2)26(15-20-13-11-18(3)12-14-20)23(27)17-29-16-21-10-8-7-9-19(21)4/h7-14,22H,5-6,15-17H2,1-4H3,(H,25,28)/t22-/m1/s1. The average Bonchev–Trinajstić information content (AvgIpc) is 2.71. The Hall–Kier alpha value is -2.27. The van der Waals surface area contributed by atoms with Gasteiger partial charge in [-0.2, -0.15) is 0 Å². The molecule has 0 aliphatic rings. The fourth-order valence-corrected chi connectivity index (χ4v) is 4.19. The van der Waals surface area contributed by atoms with Crippen LogP contribution in [0, 0.1) is 13.8 Å². The number of amides is 2. The van der Waals surface area contributed by atoms with Crippen LogP contribution in [0.3, 0.4) is 0 Å². The third-order valence-electron chi connectivity index (χ3n) is 4.95. The van der Waals surface area contributed by atoms with Crippen molar-refractivity contribution < 1.29 is 9.59 Å². The van der Waals surface area contributed by atoms with Crippen molar-refractivity contribution in [3.8, 4) is 0 Å². The minimum Gasteiger partial charge on any atom is -0.355 e. The van der Waals surface area contributed by atoms with Crippen LogP contribution in [0.1, 0.15) is 42.5 Å². The van der Waals surface area contributed by atoms with Gasteiger partial charge in [0.1, 0.15) is 6.04 Å². The highest BCUT2D eigenvalue weighted by Gasteiger charge is 2.28. The van der Waals surface area contributed by atoms with E-state index in [0.717, 1.165) is 11.3 Å². The second kappa shape index (κ2) is 11.7. The van der Waals surface area contributed by atoms with Gasteiger partial charge in [-0.15, -0.1) is 11.8 Å². The molecule has 1 atom stereocenters. The highest BCUT2D eigenvalue weighted by atomic mass is 32.2. The van der Waals surface area contributed by atoms with E-state index in [1.165, 1.54) is 16.7 Å². The average molecular weight is 413 g/mol. The monoisotopic (exact) mass is 412 g/mol. The van der Waals surface area contributed by atoms with E-state index in [1.807, 2.05) is 57.2 Å². The predicted molar refractivity (Wildman–Crippen MR) is 122 cm³/mol. The zero-order chi connectivity index (χ0) is 21.2. The molecule has 0 saturated heterocycles. The van der Waals surface area contributed by atoms with Crippen LogP contribution in [0.4, 0.5) is 0 Å². The Morgan fingerprint density at radius 1 is 1.03 bits per heavy atom. The molecule has 0 aromatic heterocycles. The summed E-state index contributed by atoms with van der Waals surface area (Å²) in [6, 6.07) is 15.9. The first-order valence-electron chi connectivity index (χ1n) is 10.2. The smallest absolute Gasteiger partial charge is 0.242 e. The summed E-state index contributed by atoms with van der Waals surface area (Å²) in [4.78, 5) is 27.5. The van der Waals surface area contributed by atoms with E-state index >= 15 is 0 Å². The number of hydrogen-bond donors (Lipinski definition) is 1. The Labute approximate surface area is 179 Å². The lowest BCUT2D eigenvalue weighted by molar-refractivity contribution is -0.139. The molecule has 0 aliphatic carbocycles. The minimum absolute atomic E-state index is 0.00209. The molecule has 2 aromatic carbocycles. The maximum absolute atomic E-state index is 13.1. The number of hydrogen-bond acceptors (Lipinski definition) is 3. The van der Waals surface area contributed by atoms with E-state index < -0.39 is 6.04 Å². The molecular formula is C24H32N2O2S. The fourth-order valence-electron chi connectivity index (χ4n) is 3.20. The van der Waals surface area contributed by atoms with Crippen LogP contribution in [-0.4, -0.2) is 35.1 Å². The van der Waals surface area contributed by atoms with E-state index in [4.69, 9.17) is 0 Å². The largest absolute Gasteiger partial charge is 0.355 e. The van der Waals surface area contributed by atoms with Crippen molar-refractivity contribution in [2.24, 2.45) is 0 Å². The topological polar surface area (TPSA) is 49.4 Å². The van der Waals surface area contributed by atoms with Gasteiger partial charge in [-0.3, -0.25) is 9.59 Å². The maximum atomic E-state index is 13.1. The number of carbonyl (C=O) groups excluding carboxylic acids is 2. The van der Waals surface area contributed by atoms with Gasteiger partial charge in [0.2, 0.25) is 11.8 Å². The molecule has 2 rings (SSSR count). The lowest BCUT2D eigenvalue weighted by atomic mass is 10.1. The first kappa shape index (κ1) is 23.0. The molecule has 4 nitrogen and oxygen atoms in total. The third kappa shape index (κ3) is 6.93. The summed E-state index contributed by atoms with van der Waals surface area (Å²) in [6.45, 7) is 8.98. The number of likely N-dealkylation sites (N-methyl/N-ethyl adjacent to an activating group) is 1. The highest BCUT2D eigenvalue weighted by Crippen LogP contribution is 2.19. The van der Waals surface area contributed by atoms with Crippen molar-refractivity contribution in [1.29, 1.82) is 0 Å². The Morgan fingerprint density at radius 3 is 2.34 bits per heavy atom. The molecule has 0 fully saturated rings. The molecule has 29 heavy (non-hydrogen) atoms. The molecule has 0 aliphatic heterocycles.